The van der Waals surface area contributed by atoms with Crippen molar-refractivity contribution in [1.29, 1.82) is 0 Å². The second kappa shape index (κ2) is 6.69. The molecule has 0 aromatic heterocycles. The molecule has 1 aromatic carbocycles. The maximum atomic E-state index is 13.3. The van der Waals surface area contributed by atoms with E-state index < -0.39 is 21.7 Å². The molecule has 3 rings (SSSR count). The molecule has 2 atom stereocenters. The van der Waals surface area contributed by atoms with Crippen molar-refractivity contribution < 1.29 is 17.2 Å². The van der Waals surface area contributed by atoms with E-state index in [9.17, 15) is 17.2 Å². The van der Waals surface area contributed by atoms with Gasteiger partial charge in [-0.2, -0.15) is 4.31 Å². The van der Waals surface area contributed by atoms with E-state index in [0.717, 1.165) is 38.1 Å². The fourth-order valence-electron chi connectivity index (χ4n) is 3.67. The third-order valence-corrected chi connectivity index (χ3v) is 6.91. The molecular weight excluding hydrogens is 334 g/mol. The summed E-state index contributed by atoms with van der Waals surface area (Å²) in [5.74, 6) is -0.759. The summed E-state index contributed by atoms with van der Waals surface area (Å²) >= 11 is 0. The van der Waals surface area contributed by atoms with E-state index in [2.05, 4.69) is 18.7 Å². The molecule has 0 amide bonds. The van der Waals surface area contributed by atoms with Crippen LogP contribution in [0, 0.1) is 23.5 Å². The molecule has 4 nitrogen and oxygen atoms in total. The van der Waals surface area contributed by atoms with Crippen LogP contribution in [0.3, 0.4) is 0 Å². The number of fused-ring (bicyclic) bond motifs is 1. The highest BCUT2D eigenvalue weighted by atomic mass is 32.2. The van der Waals surface area contributed by atoms with Crippen LogP contribution >= 0.6 is 0 Å². The van der Waals surface area contributed by atoms with Gasteiger partial charge in [0.1, 0.15) is 11.6 Å². The van der Waals surface area contributed by atoms with Gasteiger partial charge < -0.3 is 0 Å². The molecule has 0 saturated carbocycles. The molecule has 0 unspecified atom stereocenters. The molecule has 2 aliphatic heterocycles. The van der Waals surface area contributed by atoms with Crippen LogP contribution in [0.5, 0.6) is 0 Å². The van der Waals surface area contributed by atoms with Crippen LogP contribution in [0.15, 0.2) is 23.1 Å². The van der Waals surface area contributed by atoms with Crippen LogP contribution in [-0.4, -0.2) is 49.8 Å². The quantitative estimate of drug-likeness (QED) is 0.813. The minimum Gasteiger partial charge on any atom is -0.300 e. The number of hydrogen-bond donors (Lipinski definition) is 0. The van der Waals surface area contributed by atoms with Gasteiger partial charge in [-0.05, 0) is 37.4 Å². The SMILES string of the molecule is CC(C)CCN1C[C@H]2CN(S(=O)(=O)c3cc(F)cc(F)c3)CC[C@H]21. The largest absolute Gasteiger partial charge is 0.300 e. The number of likely N-dealkylation sites (tertiary alicyclic amines) is 1. The number of rotatable bonds is 5. The molecule has 7 heteroatoms. The van der Waals surface area contributed by atoms with Gasteiger partial charge in [0.25, 0.3) is 0 Å². The number of halogens is 2. The van der Waals surface area contributed by atoms with E-state index in [1.165, 1.54) is 4.31 Å². The van der Waals surface area contributed by atoms with Crippen molar-refractivity contribution in [2.45, 2.75) is 37.6 Å². The van der Waals surface area contributed by atoms with E-state index >= 15 is 0 Å². The predicted octanol–water partition coefficient (Wildman–Crippen LogP) is 2.71. The van der Waals surface area contributed by atoms with Gasteiger partial charge in [0.05, 0.1) is 4.90 Å². The van der Waals surface area contributed by atoms with Crippen LogP contribution in [0.25, 0.3) is 0 Å². The molecule has 2 fully saturated rings. The minimum absolute atomic E-state index is 0.297. The maximum Gasteiger partial charge on any atom is 0.243 e. The van der Waals surface area contributed by atoms with Crippen LogP contribution in [-0.2, 0) is 10.0 Å². The highest BCUT2D eigenvalue weighted by Gasteiger charge is 2.44. The molecule has 1 aromatic rings. The summed E-state index contributed by atoms with van der Waals surface area (Å²) in [6, 6.07) is 2.91. The summed E-state index contributed by atoms with van der Waals surface area (Å²) in [7, 11) is -3.84. The Balaban J connectivity index is 1.66. The Kier molecular flexibility index (Phi) is 4.95. The Hall–Kier alpha value is -1.05. The summed E-state index contributed by atoms with van der Waals surface area (Å²) in [4.78, 5) is 2.13. The zero-order chi connectivity index (χ0) is 17.5. The topological polar surface area (TPSA) is 40.6 Å². The van der Waals surface area contributed by atoms with Gasteiger partial charge in [0, 0.05) is 37.7 Å². The predicted molar refractivity (Wildman–Crippen MR) is 88.0 cm³/mol. The lowest BCUT2D eigenvalue weighted by molar-refractivity contribution is -0.0266. The van der Waals surface area contributed by atoms with Crippen LogP contribution < -0.4 is 0 Å². The van der Waals surface area contributed by atoms with Gasteiger partial charge in [-0.1, -0.05) is 13.8 Å². The Morgan fingerprint density at radius 2 is 1.83 bits per heavy atom. The van der Waals surface area contributed by atoms with E-state index in [1.54, 1.807) is 0 Å². The molecule has 0 bridgehead atoms. The molecule has 2 aliphatic rings. The first-order chi connectivity index (χ1) is 11.3. The summed E-state index contributed by atoms with van der Waals surface area (Å²) in [6.07, 6.45) is 1.92. The smallest absolute Gasteiger partial charge is 0.243 e. The van der Waals surface area contributed by atoms with Crippen molar-refractivity contribution in [2.75, 3.05) is 26.2 Å². The van der Waals surface area contributed by atoms with Crippen molar-refractivity contribution in [1.82, 2.24) is 9.21 Å². The van der Waals surface area contributed by atoms with E-state index in [0.29, 0.717) is 37.0 Å². The van der Waals surface area contributed by atoms with E-state index in [-0.39, 0.29) is 4.90 Å². The zero-order valence-electron chi connectivity index (χ0n) is 14.1. The van der Waals surface area contributed by atoms with Crippen molar-refractivity contribution in [3.63, 3.8) is 0 Å². The molecule has 2 heterocycles. The fourth-order valence-corrected chi connectivity index (χ4v) is 5.23. The first kappa shape index (κ1) is 17.8. The van der Waals surface area contributed by atoms with Crippen LogP contribution in [0.4, 0.5) is 8.78 Å². The molecule has 134 valence electrons. The lowest BCUT2D eigenvalue weighted by Gasteiger charge is -2.53. The Bertz CT molecular complexity index is 688. The number of nitrogens with zero attached hydrogens (tertiary/aromatic N) is 2. The molecule has 0 radical (unpaired) electrons. The average Bonchev–Trinajstić information content (AvgIpc) is 2.46. The second-order valence-corrected chi connectivity index (χ2v) is 9.20. The number of sulfonamides is 1. The monoisotopic (exact) mass is 358 g/mol. The highest BCUT2D eigenvalue weighted by Crippen LogP contribution is 2.35. The fraction of sp³-hybridized carbons (Fsp3) is 0.647. The van der Waals surface area contributed by atoms with Gasteiger partial charge in [0.2, 0.25) is 10.0 Å². The van der Waals surface area contributed by atoms with Gasteiger partial charge in [-0.3, -0.25) is 4.90 Å². The molecule has 0 aliphatic carbocycles. The van der Waals surface area contributed by atoms with Gasteiger partial charge in [-0.25, -0.2) is 17.2 Å². The first-order valence-electron chi connectivity index (χ1n) is 8.47. The zero-order valence-corrected chi connectivity index (χ0v) is 14.9. The highest BCUT2D eigenvalue weighted by molar-refractivity contribution is 7.89. The van der Waals surface area contributed by atoms with Crippen molar-refractivity contribution >= 4 is 10.0 Å². The summed E-state index contributed by atoms with van der Waals surface area (Å²) in [5.41, 5.74) is 0. The molecule has 2 saturated heterocycles. The van der Waals surface area contributed by atoms with Crippen molar-refractivity contribution in [3.8, 4) is 0 Å². The van der Waals surface area contributed by atoms with Crippen LogP contribution in [0.1, 0.15) is 26.7 Å². The van der Waals surface area contributed by atoms with Crippen LogP contribution in [0.2, 0.25) is 0 Å². The first-order valence-corrected chi connectivity index (χ1v) is 9.91. The molecule has 24 heavy (non-hydrogen) atoms. The molecular formula is C17H24F2N2O2S. The average molecular weight is 358 g/mol. The summed E-state index contributed by atoms with van der Waals surface area (Å²) < 4.78 is 53.4. The summed E-state index contributed by atoms with van der Waals surface area (Å²) in [6.45, 7) is 7.19. The number of benzene rings is 1. The molecule has 0 spiro atoms. The minimum atomic E-state index is -3.84. The van der Waals surface area contributed by atoms with Gasteiger partial charge in [-0.15, -0.1) is 0 Å². The Morgan fingerprint density at radius 1 is 1.17 bits per heavy atom. The number of hydrogen-bond acceptors (Lipinski definition) is 3. The number of piperidine rings is 1. The maximum absolute atomic E-state index is 13.3. The third-order valence-electron chi connectivity index (χ3n) is 5.06. The van der Waals surface area contributed by atoms with Gasteiger partial charge >= 0.3 is 0 Å². The van der Waals surface area contributed by atoms with E-state index in [1.807, 2.05) is 0 Å². The Morgan fingerprint density at radius 3 is 2.42 bits per heavy atom. The van der Waals surface area contributed by atoms with E-state index in [4.69, 9.17) is 0 Å². The van der Waals surface area contributed by atoms with Crippen molar-refractivity contribution in [2.24, 2.45) is 11.8 Å². The lowest BCUT2D eigenvalue weighted by Crippen LogP contribution is -2.64. The summed E-state index contributed by atoms with van der Waals surface area (Å²) in [5, 5.41) is 0. The Labute approximate surface area is 142 Å². The third kappa shape index (κ3) is 3.48. The van der Waals surface area contributed by atoms with Gasteiger partial charge in [0.15, 0.2) is 0 Å². The standard InChI is InChI=1S/C17H24F2N2O2S/c1-12(2)3-5-20-10-13-11-21(6-4-17(13)20)24(22,23)16-8-14(18)7-15(19)9-16/h7-9,12-13,17H,3-6,10-11H2,1-2H3/t13-,17+/m0/s1. The second-order valence-electron chi connectivity index (χ2n) is 7.26. The lowest BCUT2D eigenvalue weighted by atomic mass is 9.83. The normalized spacial score (nSPS) is 25.5. The molecule has 0 N–H and O–H groups in total. The van der Waals surface area contributed by atoms with Crippen molar-refractivity contribution in [3.05, 3.63) is 29.8 Å².